The topological polar surface area (TPSA) is 36.4 Å². The van der Waals surface area contributed by atoms with Gasteiger partial charge in [0.2, 0.25) is 0 Å². The number of nitrogens with one attached hydrogen (secondary N) is 2. The number of aryl methyl sites for hydroxylation is 1. The third kappa shape index (κ3) is 5.38. The van der Waals surface area contributed by atoms with Gasteiger partial charge < -0.3 is 10.6 Å². The minimum Gasteiger partial charge on any atom is -0.356 e. The van der Waals surface area contributed by atoms with Gasteiger partial charge in [-0.25, -0.2) is 0 Å². The fraction of sp³-hybridized carbons (Fsp3) is 0.500. The molecule has 0 unspecified atom stereocenters. The van der Waals surface area contributed by atoms with Crippen molar-refractivity contribution in [3.05, 3.63) is 35.4 Å². The molecular formula is C14H23N3. The Kier molecular flexibility index (Phi) is 6.15. The highest BCUT2D eigenvalue weighted by molar-refractivity contribution is 5.79. The van der Waals surface area contributed by atoms with Gasteiger partial charge in [-0.1, -0.05) is 36.8 Å². The normalized spacial score (nSPS) is 11.4. The molecule has 3 nitrogen and oxygen atoms in total. The lowest BCUT2D eigenvalue weighted by Crippen LogP contribution is -2.38. The van der Waals surface area contributed by atoms with Crippen LogP contribution in [0.2, 0.25) is 0 Å². The Labute approximate surface area is 104 Å². The smallest absolute Gasteiger partial charge is 0.190 e. The Morgan fingerprint density at radius 2 is 1.76 bits per heavy atom. The maximum absolute atomic E-state index is 4.17. The molecule has 0 aromatic heterocycles. The number of benzene rings is 1. The van der Waals surface area contributed by atoms with Crippen molar-refractivity contribution in [3.63, 3.8) is 0 Å². The second kappa shape index (κ2) is 7.71. The fourth-order valence-corrected chi connectivity index (χ4v) is 1.54. The van der Waals surface area contributed by atoms with Crippen molar-refractivity contribution in [1.82, 2.24) is 10.6 Å². The lowest BCUT2D eigenvalue weighted by molar-refractivity contribution is 0.773. The van der Waals surface area contributed by atoms with Gasteiger partial charge in [0.15, 0.2) is 5.96 Å². The highest BCUT2D eigenvalue weighted by Crippen LogP contribution is 2.02. The molecule has 0 saturated carbocycles. The van der Waals surface area contributed by atoms with E-state index in [2.05, 4.69) is 53.7 Å². The molecule has 0 atom stereocenters. The van der Waals surface area contributed by atoms with Crippen molar-refractivity contribution < 1.29 is 0 Å². The van der Waals surface area contributed by atoms with E-state index in [-0.39, 0.29) is 0 Å². The van der Waals surface area contributed by atoms with Crippen molar-refractivity contribution in [1.29, 1.82) is 0 Å². The van der Waals surface area contributed by atoms with E-state index in [1.165, 1.54) is 11.1 Å². The van der Waals surface area contributed by atoms with Crippen LogP contribution in [0.3, 0.4) is 0 Å². The van der Waals surface area contributed by atoms with Gasteiger partial charge in [0.25, 0.3) is 0 Å². The largest absolute Gasteiger partial charge is 0.356 e. The molecule has 3 heteroatoms. The summed E-state index contributed by atoms with van der Waals surface area (Å²) < 4.78 is 0. The van der Waals surface area contributed by atoms with Crippen molar-refractivity contribution in [2.75, 3.05) is 20.1 Å². The second-order valence-electron chi connectivity index (χ2n) is 4.16. The average molecular weight is 233 g/mol. The van der Waals surface area contributed by atoms with Crippen molar-refractivity contribution >= 4 is 5.96 Å². The number of rotatable bonds is 5. The van der Waals surface area contributed by atoms with Gasteiger partial charge in [0.05, 0.1) is 0 Å². The van der Waals surface area contributed by atoms with Gasteiger partial charge in [-0.05, 0) is 25.3 Å². The van der Waals surface area contributed by atoms with Gasteiger partial charge in [-0.3, -0.25) is 4.99 Å². The lowest BCUT2D eigenvalue weighted by Gasteiger charge is -2.11. The molecule has 0 spiro atoms. The SMILES string of the molecule is CCCNC(=NC)NCCc1ccc(C)cc1. The van der Waals surface area contributed by atoms with E-state index in [0.717, 1.165) is 31.9 Å². The minimum atomic E-state index is 0.888. The molecular weight excluding hydrogens is 210 g/mol. The van der Waals surface area contributed by atoms with Crippen LogP contribution in [0.1, 0.15) is 24.5 Å². The van der Waals surface area contributed by atoms with E-state index < -0.39 is 0 Å². The summed E-state index contributed by atoms with van der Waals surface area (Å²) in [5.74, 6) is 0.888. The third-order valence-electron chi connectivity index (χ3n) is 2.59. The van der Waals surface area contributed by atoms with Gasteiger partial charge in [-0.15, -0.1) is 0 Å². The molecule has 1 aromatic carbocycles. The van der Waals surface area contributed by atoms with Crippen LogP contribution in [0, 0.1) is 6.92 Å². The van der Waals surface area contributed by atoms with E-state index >= 15 is 0 Å². The summed E-state index contributed by atoms with van der Waals surface area (Å²) >= 11 is 0. The van der Waals surface area contributed by atoms with Gasteiger partial charge in [0, 0.05) is 20.1 Å². The van der Waals surface area contributed by atoms with E-state index in [4.69, 9.17) is 0 Å². The van der Waals surface area contributed by atoms with Crippen LogP contribution >= 0.6 is 0 Å². The first-order valence-electron chi connectivity index (χ1n) is 6.26. The van der Waals surface area contributed by atoms with Crippen LogP contribution < -0.4 is 10.6 Å². The molecule has 0 aliphatic rings. The molecule has 0 amide bonds. The highest BCUT2D eigenvalue weighted by atomic mass is 15.2. The summed E-state index contributed by atoms with van der Waals surface area (Å²) in [5, 5.41) is 6.56. The quantitative estimate of drug-likeness (QED) is 0.603. The van der Waals surface area contributed by atoms with E-state index in [0.29, 0.717) is 0 Å². The Morgan fingerprint density at radius 3 is 2.35 bits per heavy atom. The predicted molar refractivity (Wildman–Crippen MR) is 74.5 cm³/mol. The Morgan fingerprint density at radius 1 is 1.12 bits per heavy atom. The summed E-state index contributed by atoms with van der Waals surface area (Å²) in [7, 11) is 1.80. The third-order valence-corrected chi connectivity index (χ3v) is 2.59. The van der Waals surface area contributed by atoms with Crippen LogP contribution in [0.4, 0.5) is 0 Å². The maximum Gasteiger partial charge on any atom is 0.190 e. The second-order valence-corrected chi connectivity index (χ2v) is 4.16. The van der Waals surface area contributed by atoms with Crippen LogP contribution in [0.5, 0.6) is 0 Å². The molecule has 94 valence electrons. The van der Waals surface area contributed by atoms with Crippen molar-refractivity contribution in [2.45, 2.75) is 26.7 Å². The standard InChI is InChI=1S/C14H23N3/c1-4-10-16-14(15-3)17-11-9-13-7-5-12(2)6-8-13/h5-8H,4,9-11H2,1-3H3,(H2,15,16,17). The Hall–Kier alpha value is -1.51. The van der Waals surface area contributed by atoms with Crippen molar-refractivity contribution in [3.8, 4) is 0 Å². The summed E-state index contributed by atoms with van der Waals surface area (Å²) in [5.41, 5.74) is 2.66. The van der Waals surface area contributed by atoms with Crippen LogP contribution in [-0.4, -0.2) is 26.1 Å². The first kappa shape index (κ1) is 13.6. The molecule has 0 saturated heterocycles. The molecule has 0 bridgehead atoms. The zero-order valence-corrected chi connectivity index (χ0v) is 11.1. The van der Waals surface area contributed by atoms with Crippen LogP contribution in [0.25, 0.3) is 0 Å². The number of hydrogen-bond acceptors (Lipinski definition) is 1. The number of hydrogen-bond donors (Lipinski definition) is 2. The summed E-state index contributed by atoms with van der Waals surface area (Å²) in [6, 6.07) is 8.66. The molecule has 0 fully saturated rings. The lowest BCUT2D eigenvalue weighted by atomic mass is 10.1. The van der Waals surface area contributed by atoms with E-state index in [1.807, 2.05) is 0 Å². The molecule has 0 radical (unpaired) electrons. The maximum atomic E-state index is 4.17. The molecule has 1 aromatic rings. The number of nitrogens with zero attached hydrogens (tertiary/aromatic N) is 1. The molecule has 0 heterocycles. The first-order chi connectivity index (χ1) is 8.26. The summed E-state index contributed by atoms with van der Waals surface area (Å²) in [6.45, 7) is 6.13. The van der Waals surface area contributed by atoms with Crippen LogP contribution in [-0.2, 0) is 6.42 Å². The first-order valence-corrected chi connectivity index (χ1v) is 6.26. The summed E-state index contributed by atoms with van der Waals surface area (Å²) in [6.07, 6.45) is 2.13. The highest BCUT2D eigenvalue weighted by Gasteiger charge is 1.96. The molecule has 2 N–H and O–H groups in total. The molecule has 0 aliphatic heterocycles. The zero-order chi connectivity index (χ0) is 12.5. The van der Waals surface area contributed by atoms with Gasteiger partial charge >= 0.3 is 0 Å². The Balaban J connectivity index is 2.29. The van der Waals surface area contributed by atoms with Crippen molar-refractivity contribution in [2.24, 2.45) is 4.99 Å². The molecule has 0 aliphatic carbocycles. The Bertz CT molecular complexity index is 341. The number of aliphatic imine (C=N–C) groups is 1. The monoisotopic (exact) mass is 233 g/mol. The fourth-order valence-electron chi connectivity index (χ4n) is 1.54. The van der Waals surface area contributed by atoms with E-state index in [9.17, 15) is 0 Å². The molecule has 1 rings (SSSR count). The zero-order valence-electron chi connectivity index (χ0n) is 11.1. The average Bonchev–Trinajstić information content (AvgIpc) is 2.36. The van der Waals surface area contributed by atoms with Crippen LogP contribution in [0.15, 0.2) is 29.3 Å². The minimum absolute atomic E-state index is 0.888. The number of guanidine groups is 1. The van der Waals surface area contributed by atoms with Gasteiger partial charge in [-0.2, -0.15) is 0 Å². The van der Waals surface area contributed by atoms with E-state index in [1.54, 1.807) is 7.05 Å². The predicted octanol–water partition coefficient (Wildman–Crippen LogP) is 2.11. The summed E-state index contributed by atoms with van der Waals surface area (Å²) in [4.78, 5) is 4.17. The van der Waals surface area contributed by atoms with Gasteiger partial charge in [0.1, 0.15) is 0 Å². The molecule has 17 heavy (non-hydrogen) atoms.